The third-order valence-corrected chi connectivity index (χ3v) is 4.56. The second-order valence-corrected chi connectivity index (χ2v) is 6.00. The molecule has 3 aromatic rings. The van der Waals surface area contributed by atoms with Gasteiger partial charge in [0.1, 0.15) is 17.2 Å². The number of aromatic amines is 1. The summed E-state index contributed by atoms with van der Waals surface area (Å²) in [6.45, 7) is 0.518. The molecule has 0 bridgehead atoms. The van der Waals surface area contributed by atoms with Crippen molar-refractivity contribution in [2.24, 2.45) is 0 Å². The van der Waals surface area contributed by atoms with Crippen LogP contribution in [0.4, 0.5) is 0 Å². The van der Waals surface area contributed by atoms with Crippen LogP contribution in [0.2, 0.25) is 0 Å². The van der Waals surface area contributed by atoms with Crippen molar-refractivity contribution in [2.45, 2.75) is 19.3 Å². The standard InChI is InChI=1S/C19H19N3O3/c1-24-16-6-2-5-14-13(16)7-8-15-17(14)21-22-18(15)19(23)20-10-9-12-4-3-11-25-12/h2-6,11H,7-10H2,1H3,(H,20,23)(H,21,22). The number of nitrogens with one attached hydrogen (secondary N) is 2. The number of benzene rings is 1. The van der Waals surface area contributed by atoms with Crippen molar-refractivity contribution in [3.63, 3.8) is 0 Å². The highest BCUT2D eigenvalue weighted by molar-refractivity contribution is 5.96. The summed E-state index contributed by atoms with van der Waals surface area (Å²) >= 11 is 0. The molecule has 1 amide bonds. The molecule has 1 aromatic carbocycles. The van der Waals surface area contributed by atoms with Gasteiger partial charge in [0.15, 0.2) is 0 Å². The van der Waals surface area contributed by atoms with E-state index in [1.165, 1.54) is 0 Å². The average Bonchev–Trinajstić information content (AvgIpc) is 3.30. The van der Waals surface area contributed by atoms with Crippen LogP contribution in [-0.4, -0.2) is 29.8 Å². The fourth-order valence-corrected chi connectivity index (χ4v) is 3.35. The summed E-state index contributed by atoms with van der Waals surface area (Å²) in [6.07, 6.45) is 3.89. The van der Waals surface area contributed by atoms with E-state index in [9.17, 15) is 4.79 Å². The molecule has 0 spiro atoms. The van der Waals surface area contributed by atoms with Crippen LogP contribution in [0.3, 0.4) is 0 Å². The maximum Gasteiger partial charge on any atom is 0.269 e. The molecule has 0 saturated heterocycles. The number of aromatic nitrogens is 2. The van der Waals surface area contributed by atoms with Crippen molar-refractivity contribution in [2.75, 3.05) is 13.7 Å². The van der Waals surface area contributed by atoms with Crippen molar-refractivity contribution in [1.29, 1.82) is 0 Å². The van der Waals surface area contributed by atoms with Crippen molar-refractivity contribution >= 4 is 5.91 Å². The molecule has 0 aliphatic heterocycles. The zero-order valence-electron chi connectivity index (χ0n) is 14.0. The van der Waals surface area contributed by atoms with Crippen LogP contribution in [0.25, 0.3) is 11.3 Å². The number of furan rings is 1. The SMILES string of the molecule is COc1cccc2c1CCc1c-2n[nH]c1C(=O)NCCc1ccco1. The summed E-state index contributed by atoms with van der Waals surface area (Å²) < 4.78 is 10.7. The monoisotopic (exact) mass is 337 g/mol. The highest BCUT2D eigenvalue weighted by atomic mass is 16.5. The largest absolute Gasteiger partial charge is 0.496 e. The van der Waals surface area contributed by atoms with Gasteiger partial charge in [-0.05, 0) is 31.0 Å². The molecule has 0 radical (unpaired) electrons. The Labute approximate surface area is 145 Å². The lowest BCUT2D eigenvalue weighted by atomic mass is 9.88. The number of ether oxygens (including phenoxy) is 1. The van der Waals surface area contributed by atoms with E-state index in [2.05, 4.69) is 15.5 Å². The summed E-state index contributed by atoms with van der Waals surface area (Å²) in [5.41, 5.74) is 4.54. The number of methoxy groups -OCH3 is 1. The molecule has 0 saturated carbocycles. The van der Waals surface area contributed by atoms with Gasteiger partial charge in [0.25, 0.3) is 5.91 Å². The van der Waals surface area contributed by atoms with Crippen molar-refractivity contribution < 1.29 is 13.9 Å². The summed E-state index contributed by atoms with van der Waals surface area (Å²) in [4.78, 5) is 12.5. The van der Waals surface area contributed by atoms with E-state index in [1.54, 1.807) is 13.4 Å². The van der Waals surface area contributed by atoms with Crippen LogP contribution in [-0.2, 0) is 19.3 Å². The van der Waals surface area contributed by atoms with E-state index in [0.717, 1.165) is 46.7 Å². The lowest BCUT2D eigenvalue weighted by molar-refractivity contribution is 0.0947. The van der Waals surface area contributed by atoms with Gasteiger partial charge in [0, 0.05) is 29.7 Å². The fourth-order valence-electron chi connectivity index (χ4n) is 3.35. The van der Waals surface area contributed by atoms with Crippen LogP contribution in [0.5, 0.6) is 5.75 Å². The minimum absolute atomic E-state index is 0.133. The second kappa shape index (κ2) is 6.47. The van der Waals surface area contributed by atoms with Crippen LogP contribution in [0, 0.1) is 0 Å². The molecular weight excluding hydrogens is 318 g/mol. The molecule has 0 atom stereocenters. The maximum atomic E-state index is 12.5. The topological polar surface area (TPSA) is 80.1 Å². The maximum absolute atomic E-state index is 12.5. The van der Waals surface area contributed by atoms with Crippen molar-refractivity contribution in [3.05, 3.63) is 59.2 Å². The first-order chi connectivity index (χ1) is 12.3. The number of fused-ring (bicyclic) bond motifs is 3. The Morgan fingerprint density at radius 2 is 2.16 bits per heavy atom. The van der Waals surface area contributed by atoms with Crippen LogP contribution in [0.1, 0.15) is 27.4 Å². The number of carbonyl (C=O) groups excluding carboxylic acids is 1. The summed E-state index contributed by atoms with van der Waals surface area (Å²) in [7, 11) is 1.67. The van der Waals surface area contributed by atoms with E-state index in [-0.39, 0.29) is 5.91 Å². The third kappa shape index (κ3) is 2.80. The van der Waals surface area contributed by atoms with E-state index < -0.39 is 0 Å². The van der Waals surface area contributed by atoms with E-state index in [0.29, 0.717) is 18.7 Å². The highest BCUT2D eigenvalue weighted by Crippen LogP contribution is 2.37. The zero-order valence-corrected chi connectivity index (χ0v) is 14.0. The van der Waals surface area contributed by atoms with Gasteiger partial charge in [-0.25, -0.2) is 0 Å². The fraction of sp³-hybridized carbons (Fsp3) is 0.263. The first kappa shape index (κ1) is 15.5. The summed E-state index contributed by atoms with van der Waals surface area (Å²) in [6, 6.07) is 9.67. The Balaban J connectivity index is 1.53. The Morgan fingerprint density at radius 1 is 1.28 bits per heavy atom. The minimum Gasteiger partial charge on any atom is -0.496 e. The molecule has 1 aliphatic rings. The van der Waals surface area contributed by atoms with Crippen molar-refractivity contribution in [3.8, 4) is 17.0 Å². The van der Waals surface area contributed by atoms with Gasteiger partial charge in [-0.2, -0.15) is 5.10 Å². The van der Waals surface area contributed by atoms with Gasteiger partial charge in [-0.1, -0.05) is 12.1 Å². The normalized spacial score (nSPS) is 12.4. The van der Waals surface area contributed by atoms with E-state index in [1.807, 2.05) is 30.3 Å². The number of hydrogen-bond donors (Lipinski definition) is 2. The quantitative estimate of drug-likeness (QED) is 0.750. The zero-order chi connectivity index (χ0) is 17.2. The van der Waals surface area contributed by atoms with Gasteiger partial charge in [-0.15, -0.1) is 0 Å². The first-order valence-electron chi connectivity index (χ1n) is 8.32. The van der Waals surface area contributed by atoms with Gasteiger partial charge in [0.2, 0.25) is 0 Å². The van der Waals surface area contributed by atoms with Gasteiger partial charge >= 0.3 is 0 Å². The highest BCUT2D eigenvalue weighted by Gasteiger charge is 2.26. The van der Waals surface area contributed by atoms with Gasteiger partial charge < -0.3 is 14.5 Å². The molecule has 2 aromatic heterocycles. The Hall–Kier alpha value is -3.02. The Morgan fingerprint density at radius 3 is 2.96 bits per heavy atom. The number of nitrogens with zero attached hydrogens (tertiary/aromatic N) is 1. The molecule has 6 nitrogen and oxygen atoms in total. The number of rotatable bonds is 5. The van der Waals surface area contributed by atoms with Crippen LogP contribution in [0.15, 0.2) is 41.0 Å². The Kier molecular flexibility index (Phi) is 4.01. The molecule has 6 heteroatoms. The molecule has 0 fully saturated rings. The van der Waals surface area contributed by atoms with Crippen molar-refractivity contribution in [1.82, 2.24) is 15.5 Å². The minimum atomic E-state index is -0.133. The van der Waals surface area contributed by atoms with Gasteiger partial charge in [-0.3, -0.25) is 9.89 Å². The molecule has 2 heterocycles. The van der Waals surface area contributed by atoms with E-state index in [4.69, 9.17) is 9.15 Å². The number of hydrogen-bond acceptors (Lipinski definition) is 4. The first-order valence-corrected chi connectivity index (χ1v) is 8.32. The second-order valence-electron chi connectivity index (χ2n) is 6.00. The predicted molar refractivity (Wildman–Crippen MR) is 92.7 cm³/mol. The molecule has 2 N–H and O–H groups in total. The number of carbonyl (C=O) groups is 1. The van der Waals surface area contributed by atoms with Crippen LogP contribution < -0.4 is 10.1 Å². The third-order valence-electron chi connectivity index (χ3n) is 4.56. The lowest BCUT2D eigenvalue weighted by Crippen LogP contribution is -2.27. The Bertz CT molecular complexity index is 897. The number of amides is 1. The smallest absolute Gasteiger partial charge is 0.269 e. The van der Waals surface area contributed by atoms with E-state index >= 15 is 0 Å². The average molecular weight is 337 g/mol. The molecular formula is C19H19N3O3. The summed E-state index contributed by atoms with van der Waals surface area (Å²) in [5.74, 6) is 1.59. The molecule has 0 unspecified atom stereocenters. The molecule has 1 aliphatic carbocycles. The molecule has 128 valence electrons. The summed E-state index contributed by atoms with van der Waals surface area (Å²) in [5, 5.41) is 10.2. The lowest BCUT2D eigenvalue weighted by Gasteiger charge is -2.18. The van der Waals surface area contributed by atoms with Crippen LogP contribution >= 0.6 is 0 Å². The number of H-pyrrole nitrogens is 1. The molecule has 4 rings (SSSR count). The van der Waals surface area contributed by atoms with Gasteiger partial charge in [0.05, 0.1) is 19.1 Å². The molecule has 25 heavy (non-hydrogen) atoms. The predicted octanol–water partition coefficient (Wildman–Crippen LogP) is 2.75.